The second-order valence-electron chi connectivity index (χ2n) is 5.10. The van der Waals surface area contributed by atoms with Crippen LogP contribution in [0, 0.1) is 0 Å². The molecule has 2 saturated heterocycles. The molecule has 0 bridgehead atoms. The van der Waals surface area contributed by atoms with Gasteiger partial charge in [0.25, 0.3) is 0 Å². The Balaban J connectivity index is 1.96. The van der Waals surface area contributed by atoms with Crippen molar-refractivity contribution in [3.8, 4) is 0 Å². The van der Waals surface area contributed by atoms with Crippen LogP contribution in [-0.4, -0.2) is 35.8 Å². The predicted octanol–water partition coefficient (Wildman–Crippen LogP) is 2.83. The lowest BCUT2D eigenvalue weighted by atomic mass is 9.98. The van der Waals surface area contributed by atoms with Crippen molar-refractivity contribution < 1.29 is 9.59 Å². The number of piperazine rings is 1. The van der Waals surface area contributed by atoms with Gasteiger partial charge in [-0.25, -0.2) is 0 Å². The molecule has 1 aromatic carbocycles. The van der Waals surface area contributed by atoms with Crippen molar-refractivity contribution in [2.24, 2.45) is 0 Å². The Kier molecular flexibility index (Phi) is 3.73. The van der Waals surface area contributed by atoms with Crippen LogP contribution in [0.15, 0.2) is 22.7 Å². The summed E-state index contributed by atoms with van der Waals surface area (Å²) in [5.74, 6) is 0.00782. The first kappa shape index (κ1) is 13.9. The third-order valence-corrected chi connectivity index (χ3v) is 5.27. The average molecular weight is 358 g/mol. The van der Waals surface area contributed by atoms with E-state index in [9.17, 15) is 9.59 Å². The molecule has 0 saturated carbocycles. The molecule has 106 valence electrons. The molecular formula is C14H14BrClN2O2. The van der Waals surface area contributed by atoms with Gasteiger partial charge in [-0.3, -0.25) is 9.59 Å². The van der Waals surface area contributed by atoms with E-state index in [4.69, 9.17) is 11.6 Å². The van der Waals surface area contributed by atoms with Gasteiger partial charge in [-0.05, 0) is 47.3 Å². The Hall–Kier alpha value is -1.07. The molecule has 2 aliphatic rings. The van der Waals surface area contributed by atoms with Crippen molar-refractivity contribution in [3.63, 3.8) is 0 Å². The first-order valence-electron chi connectivity index (χ1n) is 6.64. The molecule has 1 unspecified atom stereocenters. The van der Waals surface area contributed by atoms with Crippen LogP contribution in [0.3, 0.4) is 0 Å². The lowest BCUT2D eigenvalue weighted by Gasteiger charge is -2.42. The number of halogens is 2. The van der Waals surface area contributed by atoms with E-state index in [1.54, 1.807) is 28.0 Å². The Labute approximate surface area is 130 Å². The van der Waals surface area contributed by atoms with E-state index < -0.39 is 0 Å². The van der Waals surface area contributed by atoms with Gasteiger partial charge in [0.2, 0.25) is 11.8 Å². The topological polar surface area (TPSA) is 40.6 Å². The first-order chi connectivity index (χ1) is 9.59. The minimum absolute atomic E-state index is 0.00716. The third kappa shape index (κ3) is 2.23. The highest BCUT2D eigenvalue weighted by Crippen LogP contribution is 2.35. The molecule has 2 fully saturated rings. The summed E-state index contributed by atoms with van der Waals surface area (Å²) in [6.07, 6.45) is 2.72. The number of amides is 2. The number of carbonyl (C=O) groups excluding carboxylic acids is 2. The lowest BCUT2D eigenvalue weighted by molar-refractivity contribution is -0.144. The molecule has 6 heteroatoms. The first-order valence-corrected chi connectivity index (χ1v) is 7.81. The van der Waals surface area contributed by atoms with Gasteiger partial charge in [0.05, 0.1) is 15.2 Å². The highest BCUT2D eigenvalue weighted by molar-refractivity contribution is 9.10. The van der Waals surface area contributed by atoms with Crippen molar-refractivity contribution in [2.75, 3.05) is 18.0 Å². The molecule has 4 nitrogen and oxygen atoms in total. The highest BCUT2D eigenvalue weighted by atomic mass is 79.9. The Morgan fingerprint density at radius 3 is 2.85 bits per heavy atom. The third-order valence-electron chi connectivity index (χ3n) is 3.89. The maximum Gasteiger partial charge on any atom is 0.250 e. The minimum Gasteiger partial charge on any atom is -0.329 e. The fourth-order valence-electron chi connectivity index (χ4n) is 2.88. The Morgan fingerprint density at radius 2 is 2.05 bits per heavy atom. The Bertz CT molecular complexity index is 578. The molecule has 3 rings (SSSR count). The number of rotatable bonds is 1. The van der Waals surface area contributed by atoms with Crippen molar-refractivity contribution in [3.05, 3.63) is 27.7 Å². The quantitative estimate of drug-likeness (QED) is 0.775. The lowest BCUT2D eigenvalue weighted by Crippen LogP contribution is -2.61. The van der Waals surface area contributed by atoms with E-state index in [1.165, 1.54) is 0 Å². The van der Waals surface area contributed by atoms with Gasteiger partial charge < -0.3 is 9.80 Å². The highest BCUT2D eigenvalue weighted by Gasteiger charge is 2.41. The van der Waals surface area contributed by atoms with Crippen LogP contribution in [0.25, 0.3) is 0 Å². The SMILES string of the molecule is O=C1C2CCCCN2C(=O)CN1c1cccc(Cl)c1Br. The summed E-state index contributed by atoms with van der Waals surface area (Å²) in [6, 6.07) is 5.03. The molecule has 2 amide bonds. The van der Waals surface area contributed by atoms with Gasteiger partial charge in [0.1, 0.15) is 12.6 Å². The van der Waals surface area contributed by atoms with Gasteiger partial charge in [0, 0.05) is 6.54 Å². The molecule has 0 aromatic heterocycles. The van der Waals surface area contributed by atoms with E-state index in [1.807, 2.05) is 0 Å². The van der Waals surface area contributed by atoms with Crippen molar-refractivity contribution in [2.45, 2.75) is 25.3 Å². The smallest absolute Gasteiger partial charge is 0.250 e. The minimum atomic E-state index is -0.309. The normalized spacial score (nSPS) is 23.0. The largest absolute Gasteiger partial charge is 0.329 e. The van der Waals surface area contributed by atoms with Gasteiger partial charge in [-0.1, -0.05) is 17.7 Å². The van der Waals surface area contributed by atoms with E-state index >= 15 is 0 Å². The summed E-state index contributed by atoms with van der Waals surface area (Å²) in [7, 11) is 0. The molecule has 1 atom stereocenters. The number of nitrogens with zero attached hydrogens (tertiary/aromatic N) is 2. The summed E-state index contributed by atoms with van der Waals surface area (Å²) in [5.41, 5.74) is 0.668. The van der Waals surface area contributed by atoms with E-state index in [-0.39, 0.29) is 24.4 Å². The van der Waals surface area contributed by atoms with Crippen LogP contribution in [-0.2, 0) is 9.59 Å². The molecule has 0 radical (unpaired) electrons. The maximum atomic E-state index is 12.6. The van der Waals surface area contributed by atoms with Gasteiger partial charge in [-0.15, -0.1) is 0 Å². The summed E-state index contributed by atoms with van der Waals surface area (Å²) in [5, 5.41) is 0.536. The molecule has 0 spiro atoms. The molecular weight excluding hydrogens is 344 g/mol. The van der Waals surface area contributed by atoms with Crippen molar-refractivity contribution >= 4 is 45.0 Å². The predicted molar refractivity (Wildman–Crippen MR) is 80.9 cm³/mol. The maximum absolute atomic E-state index is 12.6. The van der Waals surface area contributed by atoms with Crippen LogP contribution >= 0.6 is 27.5 Å². The zero-order chi connectivity index (χ0) is 14.3. The van der Waals surface area contributed by atoms with E-state index in [2.05, 4.69) is 15.9 Å². The number of fused-ring (bicyclic) bond motifs is 1. The van der Waals surface area contributed by atoms with Gasteiger partial charge in [-0.2, -0.15) is 0 Å². The average Bonchev–Trinajstić information content (AvgIpc) is 2.46. The van der Waals surface area contributed by atoms with E-state index in [0.29, 0.717) is 21.7 Å². The summed E-state index contributed by atoms with van der Waals surface area (Å²) in [6.45, 7) is 0.786. The number of hydrogen-bond donors (Lipinski definition) is 0. The van der Waals surface area contributed by atoms with Crippen molar-refractivity contribution in [1.82, 2.24) is 4.90 Å². The summed E-state index contributed by atoms with van der Waals surface area (Å²) in [4.78, 5) is 28.1. The van der Waals surface area contributed by atoms with E-state index in [0.717, 1.165) is 19.3 Å². The van der Waals surface area contributed by atoms with Crippen molar-refractivity contribution in [1.29, 1.82) is 0 Å². The molecule has 2 heterocycles. The molecule has 2 aliphatic heterocycles. The monoisotopic (exact) mass is 356 g/mol. The zero-order valence-electron chi connectivity index (χ0n) is 10.8. The second-order valence-corrected chi connectivity index (χ2v) is 6.30. The number of hydrogen-bond acceptors (Lipinski definition) is 2. The number of anilines is 1. The fraction of sp³-hybridized carbons (Fsp3) is 0.429. The van der Waals surface area contributed by atoms with Crippen LogP contribution in [0.2, 0.25) is 5.02 Å². The van der Waals surface area contributed by atoms with Crippen LogP contribution in [0.5, 0.6) is 0 Å². The second kappa shape index (κ2) is 5.37. The van der Waals surface area contributed by atoms with Gasteiger partial charge in [0.15, 0.2) is 0 Å². The van der Waals surface area contributed by atoms with Crippen LogP contribution in [0.1, 0.15) is 19.3 Å². The molecule has 0 aliphatic carbocycles. The number of benzene rings is 1. The molecule has 1 aromatic rings. The summed E-state index contributed by atoms with van der Waals surface area (Å²) < 4.78 is 0.659. The number of carbonyl (C=O) groups is 2. The molecule has 0 N–H and O–H groups in total. The number of piperidine rings is 1. The Morgan fingerprint density at radius 1 is 1.25 bits per heavy atom. The van der Waals surface area contributed by atoms with Crippen LogP contribution in [0.4, 0.5) is 5.69 Å². The fourth-order valence-corrected chi connectivity index (χ4v) is 3.52. The van der Waals surface area contributed by atoms with Gasteiger partial charge >= 0.3 is 0 Å². The standard InChI is InChI=1S/C14H14BrClN2O2/c15-13-9(16)4-3-6-10(13)18-8-12(19)17-7-2-1-5-11(17)14(18)20/h3-4,6,11H,1-2,5,7-8H2. The molecule has 20 heavy (non-hydrogen) atoms. The zero-order valence-corrected chi connectivity index (χ0v) is 13.2. The summed E-state index contributed by atoms with van der Waals surface area (Å²) >= 11 is 9.47. The van der Waals surface area contributed by atoms with Crippen LogP contribution < -0.4 is 4.90 Å².